The Morgan fingerprint density at radius 2 is 1.08 bits per heavy atom. The second-order valence-electron chi connectivity index (χ2n) is 7.01. The predicted molar refractivity (Wildman–Crippen MR) is 101 cm³/mol. The maximum absolute atomic E-state index is 8.83. The van der Waals surface area contributed by atoms with Crippen LogP contribution in [0.15, 0.2) is 36.4 Å². The van der Waals surface area contributed by atoms with Crippen molar-refractivity contribution < 1.29 is 9.47 Å². The van der Waals surface area contributed by atoms with Crippen LogP contribution in [0, 0.1) is 23.0 Å². The van der Waals surface area contributed by atoms with Gasteiger partial charge in [-0.2, -0.15) is 0 Å². The fraction of sp³-hybridized carbons (Fsp3) is 0.364. The van der Waals surface area contributed by atoms with E-state index in [1.165, 1.54) is 0 Å². The molecule has 0 unspecified atom stereocenters. The number of ether oxygens (including phenoxy) is 2. The van der Waals surface area contributed by atoms with E-state index in [-0.39, 0.29) is 17.8 Å². The van der Waals surface area contributed by atoms with E-state index in [0.29, 0.717) is 11.5 Å². The van der Waals surface area contributed by atoms with Crippen LogP contribution in [0.5, 0.6) is 11.5 Å². The summed E-state index contributed by atoms with van der Waals surface area (Å²) < 4.78 is 10.2. The molecule has 2 rings (SSSR count). The summed E-state index contributed by atoms with van der Waals surface area (Å²) in [7, 11) is 0. The molecular formula is C22H24N2O2. The van der Waals surface area contributed by atoms with Gasteiger partial charge in [0.1, 0.15) is 11.5 Å². The third kappa shape index (κ3) is 4.16. The van der Waals surface area contributed by atoms with E-state index >= 15 is 0 Å². The van der Waals surface area contributed by atoms with Gasteiger partial charge in [0.05, 0.1) is 0 Å². The van der Waals surface area contributed by atoms with Crippen molar-refractivity contribution in [3.63, 3.8) is 0 Å². The molecule has 134 valence electrons. The highest BCUT2D eigenvalue weighted by atomic mass is 16.5. The standard InChI is InChI=1S/C22H24N2O2/c1-14(2)19-10-17(6-8-21(19)25-12-23)16(5)18-7-9-22(26-13-24)20(11-18)15(3)4/h6-11,14-16H,1-5H3. The van der Waals surface area contributed by atoms with Gasteiger partial charge < -0.3 is 9.47 Å². The van der Waals surface area contributed by atoms with Crippen LogP contribution in [0.3, 0.4) is 0 Å². The topological polar surface area (TPSA) is 66.0 Å². The first-order chi connectivity index (χ1) is 12.4. The van der Waals surface area contributed by atoms with Gasteiger partial charge in [0, 0.05) is 5.92 Å². The number of hydrogen-bond donors (Lipinski definition) is 0. The molecule has 4 heteroatoms. The molecule has 0 atom stereocenters. The Morgan fingerprint density at radius 3 is 1.38 bits per heavy atom. The molecule has 0 aromatic heterocycles. The minimum absolute atomic E-state index is 0.164. The van der Waals surface area contributed by atoms with Gasteiger partial charge in [-0.1, -0.05) is 58.9 Å². The molecular weight excluding hydrogens is 324 g/mol. The SMILES string of the molecule is CC(C)c1cc(C(C)c2ccc(OC#N)c(C(C)C)c2)ccc1OC#N. The van der Waals surface area contributed by atoms with Crippen LogP contribution in [-0.4, -0.2) is 0 Å². The lowest BCUT2D eigenvalue weighted by Crippen LogP contribution is -2.02. The van der Waals surface area contributed by atoms with Gasteiger partial charge in [0.15, 0.2) is 0 Å². The van der Waals surface area contributed by atoms with E-state index in [2.05, 4.69) is 46.8 Å². The number of nitriles is 2. The Labute approximate surface area is 155 Å². The van der Waals surface area contributed by atoms with Crippen molar-refractivity contribution in [3.8, 4) is 24.0 Å². The largest absolute Gasteiger partial charge is 0.388 e. The predicted octanol–water partition coefficient (Wildman–Crippen LogP) is 5.80. The number of benzene rings is 2. The van der Waals surface area contributed by atoms with Crippen molar-refractivity contribution >= 4 is 0 Å². The summed E-state index contributed by atoms with van der Waals surface area (Å²) in [6.45, 7) is 10.5. The van der Waals surface area contributed by atoms with Crippen molar-refractivity contribution in [1.29, 1.82) is 10.5 Å². The summed E-state index contributed by atoms with van der Waals surface area (Å²) in [4.78, 5) is 0. The van der Waals surface area contributed by atoms with E-state index < -0.39 is 0 Å². The van der Waals surface area contributed by atoms with Gasteiger partial charge in [-0.3, -0.25) is 0 Å². The molecule has 0 aliphatic rings. The first-order valence-electron chi connectivity index (χ1n) is 8.78. The molecule has 0 bridgehead atoms. The maximum Gasteiger partial charge on any atom is 0.292 e. The normalized spacial score (nSPS) is 10.7. The van der Waals surface area contributed by atoms with E-state index in [1.54, 1.807) is 12.5 Å². The number of rotatable bonds is 6. The van der Waals surface area contributed by atoms with E-state index in [9.17, 15) is 0 Å². The molecule has 0 saturated carbocycles. The van der Waals surface area contributed by atoms with Crippen molar-refractivity contribution in [3.05, 3.63) is 58.7 Å². The molecule has 0 aliphatic carbocycles. The molecule has 0 N–H and O–H groups in total. The summed E-state index contributed by atoms with van der Waals surface area (Å²) in [5, 5.41) is 17.7. The lowest BCUT2D eigenvalue weighted by molar-refractivity contribution is 0.495. The first-order valence-corrected chi connectivity index (χ1v) is 8.78. The third-order valence-corrected chi connectivity index (χ3v) is 4.62. The van der Waals surface area contributed by atoms with Gasteiger partial charge in [-0.25, -0.2) is 0 Å². The molecule has 0 fully saturated rings. The van der Waals surface area contributed by atoms with Crippen molar-refractivity contribution in [2.75, 3.05) is 0 Å². The van der Waals surface area contributed by atoms with Crippen LogP contribution in [0.1, 0.15) is 74.6 Å². The Balaban J connectivity index is 2.44. The van der Waals surface area contributed by atoms with Gasteiger partial charge in [0.2, 0.25) is 0 Å². The van der Waals surface area contributed by atoms with Gasteiger partial charge in [0.25, 0.3) is 12.5 Å². The van der Waals surface area contributed by atoms with Gasteiger partial charge in [-0.05, 0) is 46.2 Å². The summed E-state index contributed by atoms with van der Waals surface area (Å²) >= 11 is 0. The third-order valence-electron chi connectivity index (χ3n) is 4.62. The monoisotopic (exact) mass is 348 g/mol. The van der Waals surface area contributed by atoms with Crippen LogP contribution in [0.4, 0.5) is 0 Å². The molecule has 2 aromatic rings. The fourth-order valence-electron chi connectivity index (χ4n) is 3.05. The summed E-state index contributed by atoms with van der Waals surface area (Å²) in [5.41, 5.74) is 4.35. The van der Waals surface area contributed by atoms with Gasteiger partial charge >= 0.3 is 0 Å². The van der Waals surface area contributed by atoms with Crippen LogP contribution in [-0.2, 0) is 0 Å². The van der Waals surface area contributed by atoms with Gasteiger partial charge in [-0.15, -0.1) is 10.5 Å². The van der Waals surface area contributed by atoms with E-state index in [4.69, 9.17) is 20.0 Å². The second kappa shape index (κ2) is 8.41. The van der Waals surface area contributed by atoms with Crippen molar-refractivity contribution in [2.24, 2.45) is 0 Å². The molecule has 0 spiro atoms. The molecule has 0 radical (unpaired) electrons. The first kappa shape index (κ1) is 19.3. The van der Waals surface area contributed by atoms with Crippen LogP contribution >= 0.6 is 0 Å². The zero-order valence-electron chi connectivity index (χ0n) is 15.9. The highest BCUT2D eigenvalue weighted by Crippen LogP contribution is 2.35. The van der Waals surface area contributed by atoms with Crippen LogP contribution < -0.4 is 9.47 Å². The highest BCUT2D eigenvalue weighted by Gasteiger charge is 2.17. The minimum Gasteiger partial charge on any atom is -0.388 e. The molecule has 0 amide bonds. The smallest absolute Gasteiger partial charge is 0.292 e. The maximum atomic E-state index is 8.83. The quantitative estimate of drug-likeness (QED) is 0.618. The Bertz CT molecular complexity index is 786. The molecule has 26 heavy (non-hydrogen) atoms. The second-order valence-corrected chi connectivity index (χ2v) is 7.01. The van der Waals surface area contributed by atoms with Crippen molar-refractivity contribution in [2.45, 2.75) is 52.4 Å². The number of hydrogen-bond acceptors (Lipinski definition) is 4. The molecule has 2 aromatic carbocycles. The summed E-state index contributed by atoms with van der Waals surface area (Å²) in [6, 6.07) is 11.9. The lowest BCUT2D eigenvalue weighted by atomic mass is 9.87. The molecule has 0 saturated heterocycles. The van der Waals surface area contributed by atoms with Crippen molar-refractivity contribution in [1.82, 2.24) is 0 Å². The lowest BCUT2D eigenvalue weighted by Gasteiger charge is -2.19. The fourth-order valence-corrected chi connectivity index (χ4v) is 3.05. The zero-order valence-corrected chi connectivity index (χ0v) is 15.9. The summed E-state index contributed by atoms with van der Waals surface area (Å²) in [5.74, 6) is 1.89. The summed E-state index contributed by atoms with van der Waals surface area (Å²) in [6.07, 6.45) is 3.52. The van der Waals surface area contributed by atoms with Crippen LogP contribution in [0.2, 0.25) is 0 Å². The Morgan fingerprint density at radius 1 is 0.692 bits per heavy atom. The average Bonchev–Trinajstić information content (AvgIpc) is 2.62. The number of nitrogens with zero attached hydrogens (tertiary/aromatic N) is 2. The van der Waals surface area contributed by atoms with E-state index in [0.717, 1.165) is 22.3 Å². The Hall–Kier alpha value is -2.98. The van der Waals surface area contributed by atoms with Crippen LogP contribution in [0.25, 0.3) is 0 Å². The van der Waals surface area contributed by atoms with E-state index in [1.807, 2.05) is 24.3 Å². The highest BCUT2D eigenvalue weighted by molar-refractivity contribution is 5.46. The average molecular weight is 348 g/mol. The molecule has 4 nitrogen and oxygen atoms in total. The Kier molecular flexibility index (Phi) is 6.26. The molecule has 0 aliphatic heterocycles. The zero-order chi connectivity index (χ0) is 19.3. The minimum atomic E-state index is 0.164. The molecule has 0 heterocycles.